The molecule has 0 radical (unpaired) electrons. The Kier molecular flexibility index (Phi) is 4.32. The van der Waals surface area contributed by atoms with Crippen LogP contribution in [0.25, 0.3) is 0 Å². The Morgan fingerprint density at radius 1 is 1.56 bits per heavy atom. The van der Waals surface area contributed by atoms with Crippen LogP contribution in [-0.4, -0.2) is 11.5 Å². The fourth-order valence-electron chi connectivity index (χ4n) is 0.552. The summed E-state index contributed by atoms with van der Waals surface area (Å²) in [7, 11) is 0. The van der Waals surface area contributed by atoms with Gasteiger partial charge < -0.3 is 5.32 Å². The maximum Gasteiger partial charge on any atom is 0.0990 e. The van der Waals surface area contributed by atoms with Crippen molar-refractivity contribution < 1.29 is 0 Å². The summed E-state index contributed by atoms with van der Waals surface area (Å²) < 4.78 is 0. The van der Waals surface area contributed by atoms with Crippen LogP contribution in [-0.2, 0) is 0 Å². The van der Waals surface area contributed by atoms with Gasteiger partial charge >= 0.3 is 0 Å². The Hall–Kier alpha value is -0.370. The Balaban J connectivity index is 0.000000291. The molecule has 0 unspecified atom stereocenters. The average Bonchev–Trinajstić information content (AvgIpc) is 2.20. The highest BCUT2D eigenvalue weighted by atomic mass is 32.1. The Morgan fingerprint density at radius 2 is 2.11 bits per heavy atom. The van der Waals surface area contributed by atoms with E-state index >= 15 is 0 Å². The summed E-state index contributed by atoms with van der Waals surface area (Å²) in [5.41, 5.74) is 1.32. The van der Waals surface area contributed by atoms with E-state index in [4.69, 9.17) is 12.2 Å². The van der Waals surface area contributed by atoms with Crippen LogP contribution < -0.4 is 5.32 Å². The molecule has 1 aliphatic rings. The Morgan fingerprint density at radius 3 is 2.22 bits per heavy atom. The summed E-state index contributed by atoms with van der Waals surface area (Å²) >= 11 is 4.81. The summed E-state index contributed by atoms with van der Waals surface area (Å²) in [5.74, 6) is 0. The minimum atomic E-state index is 0.873. The molecule has 0 fully saturated rings. The molecule has 1 heterocycles. The molecule has 0 aliphatic carbocycles. The molecule has 0 amide bonds. The highest BCUT2D eigenvalue weighted by Crippen LogP contribution is 1.97. The lowest BCUT2D eigenvalue weighted by Crippen LogP contribution is -2.12. The summed E-state index contributed by atoms with van der Waals surface area (Å²) in [6.07, 6.45) is 1.98. The van der Waals surface area contributed by atoms with Crippen molar-refractivity contribution in [1.29, 1.82) is 0 Å². The summed E-state index contributed by atoms with van der Waals surface area (Å²) in [6.45, 7) is 7.01. The maximum atomic E-state index is 4.81. The van der Waals surface area contributed by atoms with E-state index in [9.17, 15) is 0 Å². The van der Waals surface area contributed by atoms with E-state index < -0.39 is 0 Å². The van der Waals surface area contributed by atoms with E-state index in [1.54, 1.807) is 0 Å². The van der Waals surface area contributed by atoms with Crippen molar-refractivity contribution in [2.45, 2.75) is 20.8 Å². The lowest BCUT2D eigenvalue weighted by atomic mass is 10.3. The fraction of sp³-hybridized carbons (Fsp3) is 0.571. The molecule has 1 aliphatic heterocycles. The Bertz CT molecular complexity index is 127. The standard InChI is InChI=1S/C5H7NS.C2H6/c1-4-2-5(7)6-3-4;1-2/h2H,3H2,1H3,(H,6,7);1-2H3. The van der Waals surface area contributed by atoms with E-state index in [-0.39, 0.29) is 0 Å². The van der Waals surface area contributed by atoms with Crippen LogP contribution >= 0.6 is 12.2 Å². The van der Waals surface area contributed by atoms with Crippen LogP contribution in [0.3, 0.4) is 0 Å². The van der Waals surface area contributed by atoms with Gasteiger partial charge in [0.05, 0.1) is 4.99 Å². The minimum Gasteiger partial charge on any atom is -0.373 e. The molecule has 0 spiro atoms. The zero-order valence-electron chi connectivity index (χ0n) is 6.19. The predicted octanol–water partition coefficient (Wildman–Crippen LogP) is 1.89. The number of rotatable bonds is 0. The number of hydrogen-bond acceptors (Lipinski definition) is 1. The van der Waals surface area contributed by atoms with Crippen LogP contribution in [0.1, 0.15) is 20.8 Å². The molecule has 9 heavy (non-hydrogen) atoms. The largest absolute Gasteiger partial charge is 0.373 e. The van der Waals surface area contributed by atoms with E-state index in [0.717, 1.165) is 11.5 Å². The van der Waals surface area contributed by atoms with Crippen LogP contribution in [0.15, 0.2) is 11.6 Å². The van der Waals surface area contributed by atoms with Crippen molar-refractivity contribution in [3.8, 4) is 0 Å². The molecular formula is C7H13NS. The summed E-state index contributed by atoms with van der Waals surface area (Å²) in [4.78, 5) is 0.873. The zero-order valence-corrected chi connectivity index (χ0v) is 7.01. The molecule has 2 heteroatoms. The van der Waals surface area contributed by atoms with E-state index in [0.29, 0.717) is 0 Å². The number of thiocarbonyl (C=S) groups is 1. The molecular weight excluding hydrogens is 130 g/mol. The highest BCUT2D eigenvalue weighted by molar-refractivity contribution is 7.80. The van der Waals surface area contributed by atoms with Crippen LogP contribution in [0.4, 0.5) is 0 Å². The maximum absolute atomic E-state index is 4.81. The van der Waals surface area contributed by atoms with Gasteiger partial charge in [-0.3, -0.25) is 0 Å². The first-order valence-electron chi connectivity index (χ1n) is 3.24. The topological polar surface area (TPSA) is 12.0 Å². The molecule has 1 nitrogen and oxygen atoms in total. The first-order chi connectivity index (χ1) is 4.29. The van der Waals surface area contributed by atoms with Gasteiger partial charge in [-0.1, -0.05) is 31.6 Å². The monoisotopic (exact) mass is 143 g/mol. The molecule has 0 saturated carbocycles. The third kappa shape index (κ3) is 3.25. The Labute approximate surface area is 62.1 Å². The van der Waals surface area contributed by atoms with Gasteiger partial charge in [0.15, 0.2) is 0 Å². The van der Waals surface area contributed by atoms with Gasteiger partial charge in [-0.05, 0) is 13.0 Å². The van der Waals surface area contributed by atoms with Crippen LogP contribution in [0.2, 0.25) is 0 Å². The SMILES string of the molecule is CC.CC1=CC(=S)NC1. The first-order valence-corrected chi connectivity index (χ1v) is 3.65. The van der Waals surface area contributed by atoms with Crippen molar-refractivity contribution in [2.75, 3.05) is 6.54 Å². The smallest absolute Gasteiger partial charge is 0.0990 e. The predicted molar refractivity (Wildman–Crippen MR) is 45.7 cm³/mol. The lowest BCUT2D eigenvalue weighted by molar-refractivity contribution is 1.04. The van der Waals surface area contributed by atoms with Gasteiger partial charge in [0.25, 0.3) is 0 Å². The van der Waals surface area contributed by atoms with Crippen LogP contribution in [0, 0.1) is 0 Å². The molecule has 0 saturated heterocycles. The van der Waals surface area contributed by atoms with Gasteiger partial charge in [0.1, 0.15) is 0 Å². The molecule has 0 aromatic carbocycles. The summed E-state index contributed by atoms with van der Waals surface area (Å²) in [6, 6.07) is 0. The quantitative estimate of drug-likeness (QED) is 0.520. The van der Waals surface area contributed by atoms with Gasteiger partial charge in [0.2, 0.25) is 0 Å². The zero-order chi connectivity index (χ0) is 7.28. The first kappa shape index (κ1) is 8.63. The third-order valence-corrected chi connectivity index (χ3v) is 1.18. The number of hydrogen-bond donors (Lipinski definition) is 1. The van der Waals surface area contributed by atoms with Crippen molar-refractivity contribution >= 4 is 17.2 Å². The van der Waals surface area contributed by atoms with E-state index in [2.05, 4.69) is 12.2 Å². The number of nitrogens with one attached hydrogen (secondary N) is 1. The van der Waals surface area contributed by atoms with Crippen molar-refractivity contribution in [2.24, 2.45) is 0 Å². The van der Waals surface area contributed by atoms with Crippen molar-refractivity contribution in [3.05, 3.63) is 11.6 Å². The highest BCUT2D eigenvalue weighted by Gasteiger charge is 1.99. The van der Waals surface area contributed by atoms with E-state index in [1.807, 2.05) is 19.9 Å². The molecule has 0 aromatic heterocycles. The normalized spacial score (nSPS) is 15.4. The average molecular weight is 143 g/mol. The second-order valence-corrected chi connectivity index (χ2v) is 2.15. The molecule has 0 aromatic rings. The second kappa shape index (κ2) is 4.50. The lowest BCUT2D eigenvalue weighted by Gasteiger charge is -1.87. The van der Waals surface area contributed by atoms with Gasteiger partial charge in [-0.15, -0.1) is 0 Å². The second-order valence-electron chi connectivity index (χ2n) is 1.71. The molecule has 52 valence electrons. The van der Waals surface area contributed by atoms with Crippen molar-refractivity contribution in [3.63, 3.8) is 0 Å². The minimum absolute atomic E-state index is 0.873. The third-order valence-electron chi connectivity index (χ3n) is 0.919. The molecule has 0 atom stereocenters. The van der Waals surface area contributed by atoms with Crippen molar-refractivity contribution in [1.82, 2.24) is 5.32 Å². The summed E-state index contributed by atoms with van der Waals surface area (Å²) in [5, 5.41) is 3.01. The van der Waals surface area contributed by atoms with Gasteiger partial charge in [-0.2, -0.15) is 0 Å². The molecule has 0 bridgehead atoms. The van der Waals surface area contributed by atoms with Crippen LogP contribution in [0.5, 0.6) is 0 Å². The fourth-order valence-corrected chi connectivity index (χ4v) is 0.826. The van der Waals surface area contributed by atoms with Gasteiger partial charge in [-0.25, -0.2) is 0 Å². The van der Waals surface area contributed by atoms with Gasteiger partial charge in [0, 0.05) is 6.54 Å². The molecule has 1 N–H and O–H groups in total. The molecule has 1 rings (SSSR count). The van der Waals surface area contributed by atoms with E-state index in [1.165, 1.54) is 5.57 Å².